The fraction of sp³-hybridized carbons (Fsp3) is 0.636. The molecule has 1 saturated carbocycles. The molecular weight excluding hydrogens is 394 g/mol. The average Bonchev–Trinajstić information content (AvgIpc) is 2.79. The minimum absolute atomic E-state index is 0.140. The predicted molar refractivity (Wildman–Crippen MR) is 122 cm³/mol. The minimum atomic E-state index is -0.503. The highest BCUT2D eigenvalue weighted by atomic mass is 16.3. The van der Waals surface area contributed by atoms with E-state index < -0.39 is 6.10 Å². The molecule has 0 radical (unpaired) electrons. The molecule has 2 N–H and O–H groups in total. The fourth-order valence-electron chi connectivity index (χ4n) is 4.61. The molecule has 1 aliphatic heterocycles. The van der Waals surface area contributed by atoms with E-state index in [2.05, 4.69) is 20.2 Å². The van der Waals surface area contributed by atoms with E-state index in [9.17, 15) is 9.90 Å². The maximum absolute atomic E-state index is 12.5. The smallest absolute Gasteiger partial charge is 0.267 e. The summed E-state index contributed by atoms with van der Waals surface area (Å²) in [6.07, 6.45) is 7.93. The monoisotopic (exact) mass is 427 g/mol. The molecule has 3 atom stereocenters. The summed E-state index contributed by atoms with van der Waals surface area (Å²) >= 11 is 0. The molecule has 0 aromatic carbocycles. The van der Waals surface area contributed by atoms with Crippen molar-refractivity contribution in [2.75, 3.05) is 42.3 Å². The molecular formula is C22H33N7O2. The van der Waals surface area contributed by atoms with Crippen LogP contribution in [0.25, 0.3) is 0 Å². The Hall–Kier alpha value is -2.68. The van der Waals surface area contributed by atoms with E-state index in [1.54, 1.807) is 12.4 Å². The van der Waals surface area contributed by atoms with Gasteiger partial charge in [0.2, 0.25) is 0 Å². The molecule has 9 heteroatoms. The minimum Gasteiger partial charge on any atom is -0.391 e. The SMILES string of the molecule is CN(C)c1cc(NCC2CCCCN2c2ccc(=O)n(C3CCCCC3O)n2)ncn1. The van der Waals surface area contributed by atoms with Gasteiger partial charge in [0.15, 0.2) is 0 Å². The molecule has 2 aliphatic rings. The quantitative estimate of drug-likeness (QED) is 0.723. The lowest BCUT2D eigenvalue weighted by molar-refractivity contribution is 0.0669. The van der Waals surface area contributed by atoms with Gasteiger partial charge >= 0.3 is 0 Å². The van der Waals surface area contributed by atoms with E-state index in [1.165, 1.54) is 4.68 Å². The van der Waals surface area contributed by atoms with Gasteiger partial charge in [-0.3, -0.25) is 4.79 Å². The van der Waals surface area contributed by atoms with Crippen LogP contribution >= 0.6 is 0 Å². The number of aliphatic hydroxyl groups is 1. The van der Waals surface area contributed by atoms with Crippen molar-refractivity contribution in [3.63, 3.8) is 0 Å². The number of hydrogen-bond acceptors (Lipinski definition) is 8. The lowest BCUT2D eigenvalue weighted by atomic mass is 9.93. The van der Waals surface area contributed by atoms with Crippen LogP contribution in [0.3, 0.4) is 0 Å². The van der Waals surface area contributed by atoms with Crippen molar-refractivity contribution >= 4 is 17.5 Å². The van der Waals surface area contributed by atoms with Crippen molar-refractivity contribution in [1.82, 2.24) is 19.7 Å². The Labute approximate surface area is 183 Å². The Bertz CT molecular complexity index is 932. The molecule has 2 fully saturated rings. The molecule has 0 amide bonds. The number of piperidine rings is 1. The molecule has 4 rings (SSSR count). The van der Waals surface area contributed by atoms with Crippen LogP contribution in [0, 0.1) is 0 Å². The van der Waals surface area contributed by atoms with E-state index >= 15 is 0 Å². The van der Waals surface area contributed by atoms with Crippen molar-refractivity contribution < 1.29 is 5.11 Å². The number of nitrogens with zero attached hydrogens (tertiary/aromatic N) is 6. The van der Waals surface area contributed by atoms with Gasteiger partial charge in [0.05, 0.1) is 12.1 Å². The van der Waals surface area contributed by atoms with Gasteiger partial charge in [0, 0.05) is 45.4 Å². The van der Waals surface area contributed by atoms with E-state index in [4.69, 9.17) is 5.10 Å². The van der Waals surface area contributed by atoms with Crippen LogP contribution in [0.5, 0.6) is 0 Å². The van der Waals surface area contributed by atoms with Crippen molar-refractivity contribution in [3.05, 3.63) is 34.9 Å². The summed E-state index contributed by atoms with van der Waals surface area (Å²) in [4.78, 5) is 25.4. The largest absolute Gasteiger partial charge is 0.391 e. The maximum atomic E-state index is 12.5. The van der Waals surface area contributed by atoms with Crippen molar-refractivity contribution in [2.45, 2.75) is 63.1 Å². The maximum Gasteiger partial charge on any atom is 0.267 e. The number of aromatic nitrogens is 4. The predicted octanol–water partition coefficient (Wildman–Crippen LogP) is 2.05. The summed E-state index contributed by atoms with van der Waals surface area (Å²) in [5.41, 5.74) is -0.140. The van der Waals surface area contributed by atoms with Gasteiger partial charge in [-0.05, 0) is 38.2 Å². The van der Waals surface area contributed by atoms with E-state index in [1.807, 2.05) is 31.1 Å². The highest BCUT2D eigenvalue weighted by Gasteiger charge is 2.28. The third kappa shape index (κ3) is 4.98. The Morgan fingerprint density at radius 1 is 1.13 bits per heavy atom. The van der Waals surface area contributed by atoms with Gasteiger partial charge in [-0.15, -0.1) is 0 Å². The number of rotatable bonds is 6. The zero-order chi connectivity index (χ0) is 21.8. The molecule has 1 saturated heterocycles. The average molecular weight is 428 g/mol. The molecule has 2 aromatic rings. The normalized spacial score (nSPS) is 24.1. The first kappa shape index (κ1) is 21.5. The molecule has 1 aliphatic carbocycles. The Morgan fingerprint density at radius 2 is 1.94 bits per heavy atom. The topological polar surface area (TPSA) is 99.4 Å². The van der Waals surface area contributed by atoms with Gasteiger partial charge < -0.3 is 20.2 Å². The zero-order valence-electron chi connectivity index (χ0n) is 18.4. The summed E-state index contributed by atoms with van der Waals surface area (Å²) in [7, 11) is 3.91. The second-order valence-electron chi connectivity index (χ2n) is 8.77. The Balaban J connectivity index is 1.51. The summed E-state index contributed by atoms with van der Waals surface area (Å²) in [5.74, 6) is 2.46. The van der Waals surface area contributed by atoms with Crippen molar-refractivity contribution in [2.24, 2.45) is 0 Å². The first-order valence-corrected chi connectivity index (χ1v) is 11.3. The molecule has 3 heterocycles. The molecule has 168 valence electrons. The number of aliphatic hydroxyl groups excluding tert-OH is 1. The van der Waals surface area contributed by atoms with Crippen LogP contribution < -0.4 is 20.7 Å². The molecule has 2 aromatic heterocycles. The van der Waals surface area contributed by atoms with Crippen LogP contribution in [-0.4, -0.2) is 64.2 Å². The van der Waals surface area contributed by atoms with Crippen LogP contribution in [0.2, 0.25) is 0 Å². The first-order valence-electron chi connectivity index (χ1n) is 11.3. The Morgan fingerprint density at radius 3 is 2.74 bits per heavy atom. The van der Waals surface area contributed by atoms with Crippen LogP contribution in [0.1, 0.15) is 51.0 Å². The third-order valence-corrected chi connectivity index (χ3v) is 6.37. The standard InChI is InChI=1S/C22H33N7O2/c1-27(2)21-13-19(24-15-25-21)23-14-16-7-5-6-12-28(16)20-10-11-22(31)29(26-20)17-8-3-4-9-18(17)30/h10-11,13,15-18,30H,3-9,12,14H2,1-2H3,(H,23,24,25). The molecule has 9 nitrogen and oxygen atoms in total. The summed E-state index contributed by atoms with van der Waals surface area (Å²) in [6, 6.07) is 5.38. The number of anilines is 3. The second kappa shape index (κ2) is 9.64. The fourth-order valence-corrected chi connectivity index (χ4v) is 4.61. The van der Waals surface area contributed by atoms with Crippen molar-refractivity contribution in [3.8, 4) is 0 Å². The highest BCUT2D eigenvalue weighted by molar-refractivity contribution is 5.48. The first-order chi connectivity index (χ1) is 15.0. The number of hydrogen-bond donors (Lipinski definition) is 2. The van der Waals surface area contributed by atoms with E-state index in [0.717, 1.165) is 75.5 Å². The van der Waals surface area contributed by atoms with Gasteiger partial charge in [-0.25, -0.2) is 14.6 Å². The third-order valence-electron chi connectivity index (χ3n) is 6.37. The molecule has 0 spiro atoms. The summed E-state index contributed by atoms with van der Waals surface area (Å²) in [5, 5.41) is 18.6. The lowest BCUT2D eigenvalue weighted by Crippen LogP contribution is -2.45. The van der Waals surface area contributed by atoms with Crippen molar-refractivity contribution in [1.29, 1.82) is 0 Å². The second-order valence-corrected chi connectivity index (χ2v) is 8.77. The molecule has 3 unspecified atom stereocenters. The van der Waals surface area contributed by atoms with Gasteiger partial charge in [-0.2, -0.15) is 5.10 Å². The van der Waals surface area contributed by atoms with Crippen LogP contribution in [-0.2, 0) is 0 Å². The Kier molecular flexibility index (Phi) is 6.70. The van der Waals surface area contributed by atoms with E-state index in [0.29, 0.717) is 0 Å². The van der Waals surface area contributed by atoms with Gasteiger partial charge in [0.25, 0.3) is 5.56 Å². The lowest BCUT2D eigenvalue weighted by Gasteiger charge is -2.37. The zero-order valence-corrected chi connectivity index (χ0v) is 18.4. The summed E-state index contributed by atoms with van der Waals surface area (Å²) in [6.45, 7) is 1.63. The van der Waals surface area contributed by atoms with Gasteiger partial charge in [0.1, 0.15) is 23.8 Å². The molecule has 0 bridgehead atoms. The highest BCUT2D eigenvalue weighted by Crippen LogP contribution is 2.28. The summed E-state index contributed by atoms with van der Waals surface area (Å²) < 4.78 is 1.52. The molecule has 31 heavy (non-hydrogen) atoms. The van der Waals surface area contributed by atoms with E-state index in [-0.39, 0.29) is 17.6 Å². The van der Waals surface area contributed by atoms with Gasteiger partial charge in [-0.1, -0.05) is 12.8 Å². The van der Waals surface area contributed by atoms with Crippen LogP contribution in [0.15, 0.2) is 29.3 Å². The van der Waals surface area contributed by atoms with Crippen LogP contribution in [0.4, 0.5) is 17.5 Å². The number of nitrogens with one attached hydrogen (secondary N) is 1.